The molecule has 0 aliphatic heterocycles. The Balaban J connectivity index is 0.000000129. The van der Waals surface area contributed by atoms with Crippen LogP contribution >= 0.6 is 39.9 Å². The average molecular weight is 806 g/mol. The number of H-pyrrole nitrogens is 3. The van der Waals surface area contributed by atoms with Gasteiger partial charge in [-0.3, -0.25) is 10.2 Å². The molecule has 0 spiro atoms. The molecule has 272 valence electrons. The fourth-order valence-electron chi connectivity index (χ4n) is 8.16. The van der Waals surface area contributed by atoms with Gasteiger partial charge >= 0.3 is 0 Å². The van der Waals surface area contributed by atoms with Crippen molar-refractivity contribution in [1.82, 2.24) is 30.4 Å². The van der Waals surface area contributed by atoms with Gasteiger partial charge in [-0.2, -0.15) is 9.97 Å². The van der Waals surface area contributed by atoms with Gasteiger partial charge in [0.15, 0.2) is 0 Å². The van der Waals surface area contributed by atoms with Crippen LogP contribution in [0.2, 0.25) is 0 Å². The topological polar surface area (TPSA) is 110 Å². The molecule has 4 aromatic carbocycles. The molecule has 0 amide bonds. The minimum absolute atomic E-state index is 0.492. The smallest absolute Gasteiger partial charge is 0.224 e. The molecule has 5 N–H and O–H groups in total. The van der Waals surface area contributed by atoms with E-state index in [1.807, 2.05) is 24.3 Å². The maximum absolute atomic E-state index is 5.01. The van der Waals surface area contributed by atoms with E-state index >= 15 is 0 Å². The van der Waals surface area contributed by atoms with E-state index < -0.39 is 0 Å². The Labute approximate surface area is 328 Å². The van der Waals surface area contributed by atoms with Crippen LogP contribution in [0.25, 0.3) is 0 Å². The summed E-state index contributed by atoms with van der Waals surface area (Å²) in [4.78, 5) is 8.91. The molecular formula is C42H45BrN8S2. The van der Waals surface area contributed by atoms with Crippen molar-refractivity contribution in [3.8, 4) is 0 Å². The number of aromatic amines is 3. The molecule has 0 unspecified atom stereocenters. The molecule has 0 atom stereocenters. The standard InChI is InChI=1S/C21H22N4S.C14H16N4S.C7H7Br/c1-2-6-14(7-3-1)13-26-21-23-20(24-25-21)22-19-17-10-4-8-15(17)12-16-9-5-11-18(16)19;19-14-16-13(17-18-14)15-12-10-5-1-3-8(10)7-9-4-2-6-11(9)12;8-6-7-4-2-1-3-5-7/h1-3,6-7,12H,4-5,8-11,13H2,(H2,22,23,24,25);7H,1-6H2,(H3,15,16,17,18,19);1-5H,6H2. The van der Waals surface area contributed by atoms with E-state index in [2.05, 4.69) is 105 Å². The molecule has 0 fully saturated rings. The zero-order valence-corrected chi connectivity index (χ0v) is 33.1. The van der Waals surface area contributed by atoms with Gasteiger partial charge in [-0.1, -0.05) is 100 Å². The fraction of sp³-hybridized carbons (Fsp3) is 0.333. The highest BCUT2D eigenvalue weighted by Crippen LogP contribution is 2.41. The second kappa shape index (κ2) is 16.9. The molecule has 53 heavy (non-hydrogen) atoms. The maximum Gasteiger partial charge on any atom is 0.224 e. The SMILES string of the molecule is BrCc1ccccc1.S=c1nc(Nc2c3c(cc4c2CCC4)CCC3)[nH][nH]1.c1ccc(CSc2n[nH]c(Nc3c4c(cc5c3CCC5)CCC4)n2)cc1. The van der Waals surface area contributed by atoms with Gasteiger partial charge in [0.2, 0.25) is 21.8 Å². The number of nitrogens with one attached hydrogen (secondary N) is 5. The van der Waals surface area contributed by atoms with Gasteiger partial charge in [0.1, 0.15) is 0 Å². The summed E-state index contributed by atoms with van der Waals surface area (Å²) in [5.41, 5.74) is 17.3. The lowest BCUT2D eigenvalue weighted by molar-refractivity contribution is 0.898. The Kier molecular flexibility index (Phi) is 11.4. The molecule has 11 heteroatoms. The second-order valence-corrected chi connectivity index (χ2v) is 16.0. The number of rotatable bonds is 8. The number of hydrogen-bond acceptors (Lipinski definition) is 7. The van der Waals surface area contributed by atoms with Crippen molar-refractivity contribution in [2.45, 2.75) is 93.3 Å². The van der Waals surface area contributed by atoms with Gasteiger partial charge in [0, 0.05) is 22.5 Å². The van der Waals surface area contributed by atoms with Crippen LogP contribution < -0.4 is 10.6 Å². The molecule has 4 aliphatic rings. The summed E-state index contributed by atoms with van der Waals surface area (Å²) in [6.07, 6.45) is 14.6. The maximum atomic E-state index is 5.01. The second-order valence-electron chi connectivity index (χ2n) is 14.1. The molecule has 2 heterocycles. The summed E-state index contributed by atoms with van der Waals surface area (Å²) in [7, 11) is 0. The number of aryl methyl sites for hydroxylation is 4. The third-order valence-electron chi connectivity index (χ3n) is 10.6. The van der Waals surface area contributed by atoms with Gasteiger partial charge in [-0.05, 0) is 145 Å². The van der Waals surface area contributed by atoms with Crippen molar-refractivity contribution in [3.05, 3.63) is 133 Å². The number of anilines is 4. The molecule has 0 saturated heterocycles. The zero-order valence-electron chi connectivity index (χ0n) is 29.9. The van der Waals surface area contributed by atoms with E-state index in [0.717, 1.165) is 28.1 Å². The van der Waals surface area contributed by atoms with Crippen LogP contribution in [-0.4, -0.2) is 30.4 Å². The molecule has 4 aliphatic carbocycles. The molecule has 0 saturated carbocycles. The predicted molar refractivity (Wildman–Crippen MR) is 223 cm³/mol. The Morgan fingerprint density at radius 1 is 0.604 bits per heavy atom. The van der Waals surface area contributed by atoms with Crippen molar-refractivity contribution in [3.63, 3.8) is 0 Å². The molecular weight excluding hydrogens is 761 g/mol. The van der Waals surface area contributed by atoms with Crippen molar-refractivity contribution >= 4 is 63.2 Å². The molecule has 0 bridgehead atoms. The molecule has 2 aromatic heterocycles. The molecule has 8 nitrogen and oxygen atoms in total. The van der Waals surface area contributed by atoms with Gasteiger partial charge in [0.25, 0.3) is 0 Å². The largest absolute Gasteiger partial charge is 0.324 e. The Morgan fingerprint density at radius 2 is 1.09 bits per heavy atom. The Bertz CT molecular complexity index is 2160. The lowest BCUT2D eigenvalue weighted by Crippen LogP contribution is -2.02. The normalized spacial score (nSPS) is 14.7. The summed E-state index contributed by atoms with van der Waals surface area (Å²) < 4.78 is 0.492. The highest BCUT2D eigenvalue weighted by Gasteiger charge is 2.26. The number of fused-ring (bicyclic) bond motifs is 4. The summed E-state index contributed by atoms with van der Waals surface area (Å²) >= 11 is 10.0. The van der Waals surface area contributed by atoms with E-state index in [4.69, 9.17) is 12.2 Å². The number of aromatic nitrogens is 6. The van der Waals surface area contributed by atoms with Crippen LogP contribution in [0.5, 0.6) is 0 Å². The third kappa shape index (κ3) is 8.47. The predicted octanol–water partition coefficient (Wildman–Crippen LogP) is 10.6. The first-order valence-corrected chi connectivity index (χ1v) is 21.3. The van der Waals surface area contributed by atoms with E-state index in [1.165, 1.54) is 144 Å². The molecule has 0 radical (unpaired) electrons. The summed E-state index contributed by atoms with van der Waals surface area (Å²) in [6.45, 7) is 0. The van der Waals surface area contributed by atoms with Crippen LogP contribution in [0.4, 0.5) is 23.3 Å². The van der Waals surface area contributed by atoms with Crippen LogP contribution in [0, 0.1) is 4.77 Å². The number of halogens is 1. The Morgan fingerprint density at radius 3 is 1.55 bits per heavy atom. The van der Waals surface area contributed by atoms with E-state index in [0.29, 0.717) is 4.77 Å². The quantitative estimate of drug-likeness (QED) is 0.0592. The highest BCUT2D eigenvalue weighted by atomic mass is 79.9. The van der Waals surface area contributed by atoms with Crippen LogP contribution in [-0.2, 0) is 62.4 Å². The monoisotopic (exact) mass is 804 g/mol. The number of benzene rings is 4. The van der Waals surface area contributed by atoms with Gasteiger partial charge < -0.3 is 10.6 Å². The lowest BCUT2D eigenvalue weighted by atomic mass is 9.99. The number of thioether (sulfide) groups is 1. The van der Waals surface area contributed by atoms with E-state index in [9.17, 15) is 0 Å². The van der Waals surface area contributed by atoms with Gasteiger partial charge in [-0.25, -0.2) is 5.10 Å². The summed E-state index contributed by atoms with van der Waals surface area (Å²) in [5, 5.41) is 22.1. The molecule has 6 aromatic rings. The average Bonchev–Trinajstić information content (AvgIpc) is 4.05. The van der Waals surface area contributed by atoms with Crippen LogP contribution in [0.3, 0.4) is 0 Å². The highest BCUT2D eigenvalue weighted by molar-refractivity contribution is 9.08. The van der Waals surface area contributed by atoms with E-state index in [-0.39, 0.29) is 0 Å². The molecule has 10 rings (SSSR count). The van der Waals surface area contributed by atoms with Crippen LogP contribution in [0.1, 0.15) is 81.3 Å². The lowest BCUT2D eigenvalue weighted by Gasteiger charge is -2.15. The fourth-order valence-corrected chi connectivity index (χ4v) is 9.43. The minimum Gasteiger partial charge on any atom is -0.324 e. The summed E-state index contributed by atoms with van der Waals surface area (Å²) in [6, 6.07) is 25.6. The summed E-state index contributed by atoms with van der Waals surface area (Å²) in [5.74, 6) is 2.36. The van der Waals surface area contributed by atoms with Crippen molar-refractivity contribution in [1.29, 1.82) is 0 Å². The zero-order chi connectivity index (χ0) is 36.0. The first-order chi connectivity index (χ1) is 26.1. The van der Waals surface area contributed by atoms with Gasteiger partial charge in [-0.15, -0.1) is 5.10 Å². The van der Waals surface area contributed by atoms with Crippen molar-refractivity contribution in [2.75, 3.05) is 10.6 Å². The minimum atomic E-state index is 0.492. The van der Waals surface area contributed by atoms with Crippen molar-refractivity contribution in [2.24, 2.45) is 0 Å². The Hall–Kier alpha value is -4.19. The number of alkyl halides is 1. The number of nitrogens with zero attached hydrogens (tertiary/aromatic N) is 3. The van der Waals surface area contributed by atoms with Crippen molar-refractivity contribution < 1.29 is 0 Å². The third-order valence-corrected chi connectivity index (χ3v) is 12.4. The first-order valence-electron chi connectivity index (χ1n) is 18.8. The van der Waals surface area contributed by atoms with Gasteiger partial charge in [0.05, 0.1) is 0 Å². The number of hydrogen-bond donors (Lipinski definition) is 5. The van der Waals surface area contributed by atoms with E-state index in [1.54, 1.807) is 11.8 Å². The van der Waals surface area contributed by atoms with Crippen LogP contribution in [0.15, 0.2) is 78.0 Å². The first kappa shape index (κ1) is 35.8.